The van der Waals surface area contributed by atoms with Crippen molar-refractivity contribution < 1.29 is 9.59 Å². The van der Waals surface area contributed by atoms with E-state index in [0.717, 1.165) is 35.7 Å². The van der Waals surface area contributed by atoms with E-state index in [4.69, 9.17) is 0 Å². The highest BCUT2D eigenvalue weighted by molar-refractivity contribution is 7.99. The Kier molecular flexibility index (Phi) is 5.43. The van der Waals surface area contributed by atoms with Crippen LogP contribution < -0.4 is 10.2 Å². The van der Waals surface area contributed by atoms with E-state index >= 15 is 0 Å². The zero-order valence-corrected chi connectivity index (χ0v) is 15.4. The van der Waals surface area contributed by atoms with Crippen LogP contribution in [0.3, 0.4) is 0 Å². The van der Waals surface area contributed by atoms with Gasteiger partial charge in [-0.2, -0.15) is 0 Å². The van der Waals surface area contributed by atoms with Crippen LogP contribution in [0.2, 0.25) is 0 Å². The lowest BCUT2D eigenvalue weighted by molar-refractivity contribution is -0.117. The number of benzene rings is 2. The molecule has 1 aliphatic heterocycles. The maximum absolute atomic E-state index is 12.1. The van der Waals surface area contributed by atoms with E-state index in [9.17, 15) is 9.59 Å². The summed E-state index contributed by atoms with van der Waals surface area (Å²) in [5, 5.41) is 2.96. The summed E-state index contributed by atoms with van der Waals surface area (Å²) in [4.78, 5) is 26.7. The lowest BCUT2D eigenvalue weighted by Gasteiger charge is -2.15. The Morgan fingerprint density at radius 2 is 1.92 bits per heavy atom. The van der Waals surface area contributed by atoms with Crippen LogP contribution in [0.5, 0.6) is 0 Å². The van der Waals surface area contributed by atoms with Crippen LogP contribution in [-0.2, 0) is 16.0 Å². The highest BCUT2D eigenvalue weighted by Gasteiger charge is 2.22. The number of hydrogen-bond acceptors (Lipinski definition) is 3. The van der Waals surface area contributed by atoms with Crippen LogP contribution in [0.4, 0.5) is 11.4 Å². The van der Waals surface area contributed by atoms with Gasteiger partial charge in [0, 0.05) is 41.9 Å². The van der Waals surface area contributed by atoms with Gasteiger partial charge in [-0.15, -0.1) is 11.8 Å². The molecule has 2 amide bonds. The van der Waals surface area contributed by atoms with Crippen molar-refractivity contribution in [3.8, 4) is 0 Å². The minimum atomic E-state index is 0.0148. The Hall–Kier alpha value is -2.27. The smallest absolute Gasteiger partial charge is 0.225 e. The van der Waals surface area contributed by atoms with Crippen molar-refractivity contribution in [3.05, 3.63) is 53.6 Å². The summed E-state index contributed by atoms with van der Waals surface area (Å²) in [6.45, 7) is 4.36. The van der Waals surface area contributed by atoms with Crippen molar-refractivity contribution >= 4 is 35.0 Å². The molecule has 3 rings (SSSR count). The number of amides is 2. The molecule has 1 heterocycles. The van der Waals surface area contributed by atoms with Crippen molar-refractivity contribution in [1.29, 1.82) is 0 Å². The molecule has 0 atom stereocenters. The lowest BCUT2D eigenvalue weighted by atomic mass is 10.1. The highest BCUT2D eigenvalue weighted by atomic mass is 32.2. The quantitative estimate of drug-likeness (QED) is 0.825. The summed E-state index contributed by atoms with van der Waals surface area (Å²) in [6, 6.07) is 14.1. The monoisotopic (exact) mass is 354 g/mol. The summed E-state index contributed by atoms with van der Waals surface area (Å²) in [5.41, 5.74) is 4.11. The van der Waals surface area contributed by atoms with Crippen molar-refractivity contribution in [2.24, 2.45) is 0 Å². The molecule has 0 unspecified atom stereocenters. The molecule has 2 aromatic rings. The van der Waals surface area contributed by atoms with Gasteiger partial charge < -0.3 is 10.2 Å². The van der Waals surface area contributed by atoms with E-state index in [2.05, 4.69) is 36.5 Å². The standard InChI is InChI=1S/C20H22N2O2S/c1-14-3-6-18(7-4-14)25-12-10-20(24)21-17-5-8-19-16(13-17)9-11-22(19)15(2)23/h3-8,13H,9-12H2,1-2H3,(H,21,24). The van der Waals surface area contributed by atoms with Crippen LogP contribution in [0.25, 0.3) is 0 Å². The fraction of sp³-hybridized carbons (Fsp3) is 0.300. The molecule has 1 aliphatic rings. The summed E-state index contributed by atoms with van der Waals surface area (Å²) >= 11 is 1.69. The largest absolute Gasteiger partial charge is 0.326 e. The van der Waals surface area contributed by atoms with E-state index in [1.807, 2.05) is 18.2 Å². The maximum atomic E-state index is 12.1. The van der Waals surface area contributed by atoms with Gasteiger partial charge in [0.05, 0.1) is 0 Å². The van der Waals surface area contributed by atoms with Gasteiger partial charge in [-0.25, -0.2) is 0 Å². The van der Waals surface area contributed by atoms with E-state index in [1.54, 1.807) is 23.6 Å². The first-order valence-corrected chi connectivity index (χ1v) is 9.42. The second kappa shape index (κ2) is 7.74. The van der Waals surface area contributed by atoms with Crippen LogP contribution in [0.15, 0.2) is 47.4 Å². The number of nitrogens with zero attached hydrogens (tertiary/aromatic N) is 1. The Morgan fingerprint density at radius 1 is 1.16 bits per heavy atom. The molecule has 0 radical (unpaired) electrons. The first-order chi connectivity index (χ1) is 12.0. The van der Waals surface area contributed by atoms with Crippen LogP contribution >= 0.6 is 11.8 Å². The minimum absolute atomic E-state index is 0.0148. The Morgan fingerprint density at radius 3 is 2.64 bits per heavy atom. The average Bonchev–Trinajstić information content (AvgIpc) is 3.00. The number of anilines is 2. The molecule has 0 aromatic heterocycles. The molecule has 0 fully saturated rings. The Balaban J connectivity index is 1.51. The predicted molar refractivity (Wildman–Crippen MR) is 103 cm³/mol. The predicted octanol–water partition coefficient (Wildman–Crippen LogP) is 4.02. The number of aryl methyl sites for hydroxylation is 1. The second-order valence-electron chi connectivity index (χ2n) is 6.22. The van der Waals surface area contributed by atoms with Crippen molar-refractivity contribution in [3.63, 3.8) is 0 Å². The molecule has 25 heavy (non-hydrogen) atoms. The molecular weight excluding hydrogens is 332 g/mol. The summed E-state index contributed by atoms with van der Waals surface area (Å²) in [5.74, 6) is 0.822. The molecule has 2 aromatic carbocycles. The average molecular weight is 354 g/mol. The zero-order chi connectivity index (χ0) is 17.8. The van der Waals surface area contributed by atoms with Crippen molar-refractivity contribution in [2.45, 2.75) is 31.6 Å². The first kappa shape index (κ1) is 17.5. The number of carbonyl (C=O) groups excluding carboxylic acids is 2. The molecule has 0 spiro atoms. The number of nitrogens with one attached hydrogen (secondary N) is 1. The summed E-state index contributed by atoms with van der Waals surface area (Å²) < 4.78 is 0. The van der Waals surface area contributed by atoms with Gasteiger partial charge in [0.25, 0.3) is 0 Å². The molecule has 0 aliphatic carbocycles. The van der Waals surface area contributed by atoms with Gasteiger partial charge in [-0.3, -0.25) is 9.59 Å². The number of fused-ring (bicyclic) bond motifs is 1. The molecular formula is C20H22N2O2S. The molecule has 5 heteroatoms. The lowest BCUT2D eigenvalue weighted by Crippen LogP contribution is -2.25. The zero-order valence-electron chi connectivity index (χ0n) is 14.5. The highest BCUT2D eigenvalue weighted by Crippen LogP contribution is 2.30. The van der Waals surface area contributed by atoms with Crippen molar-refractivity contribution in [2.75, 3.05) is 22.5 Å². The van der Waals surface area contributed by atoms with Crippen LogP contribution in [0, 0.1) is 6.92 Å². The summed E-state index contributed by atoms with van der Waals surface area (Å²) in [6.07, 6.45) is 1.30. The van der Waals surface area contributed by atoms with E-state index < -0.39 is 0 Å². The third-order valence-electron chi connectivity index (χ3n) is 4.26. The van der Waals surface area contributed by atoms with Gasteiger partial charge in [-0.1, -0.05) is 17.7 Å². The van der Waals surface area contributed by atoms with Gasteiger partial charge in [0.15, 0.2) is 0 Å². The van der Waals surface area contributed by atoms with E-state index in [-0.39, 0.29) is 11.8 Å². The van der Waals surface area contributed by atoms with Crippen LogP contribution in [0.1, 0.15) is 24.5 Å². The Bertz CT molecular complexity index is 787. The Labute approximate surface area is 152 Å². The van der Waals surface area contributed by atoms with Gasteiger partial charge in [0.2, 0.25) is 11.8 Å². The van der Waals surface area contributed by atoms with Gasteiger partial charge >= 0.3 is 0 Å². The number of carbonyl (C=O) groups is 2. The van der Waals surface area contributed by atoms with E-state index in [1.165, 1.54) is 10.5 Å². The first-order valence-electron chi connectivity index (χ1n) is 8.43. The van der Waals surface area contributed by atoms with Crippen LogP contribution in [-0.4, -0.2) is 24.1 Å². The van der Waals surface area contributed by atoms with Gasteiger partial charge in [-0.05, 0) is 49.2 Å². The molecule has 0 saturated carbocycles. The maximum Gasteiger partial charge on any atom is 0.225 e. The number of rotatable bonds is 5. The molecule has 1 N–H and O–H groups in total. The SMILES string of the molecule is CC(=O)N1CCc2cc(NC(=O)CCSc3ccc(C)cc3)ccc21. The minimum Gasteiger partial charge on any atom is -0.326 e. The van der Waals surface area contributed by atoms with Gasteiger partial charge in [0.1, 0.15) is 0 Å². The van der Waals surface area contributed by atoms with E-state index in [0.29, 0.717) is 6.42 Å². The second-order valence-corrected chi connectivity index (χ2v) is 7.39. The topological polar surface area (TPSA) is 49.4 Å². The summed E-state index contributed by atoms with van der Waals surface area (Å²) in [7, 11) is 0. The third-order valence-corrected chi connectivity index (χ3v) is 5.27. The number of thioether (sulfide) groups is 1. The fourth-order valence-electron chi connectivity index (χ4n) is 2.93. The number of hydrogen-bond donors (Lipinski definition) is 1. The molecule has 130 valence electrons. The molecule has 0 bridgehead atoms. The third kappa shape index (κ3) is 4.42. The fourth-order valence-corrected chi connectivity index (χ4v) is 3.78. The normalized spacial score (nSPS) is 12.8. The molecule has 4 nitrogen and oxygen atoms in total. The molecule has 0 saturated heterocycles. The van der Waals surface area contributed by atoms with Crippen molar-refractivity contribution in [1.82, 2.24) is 0 Å².